The van der Waals surface area contributed by atoms with Crippen LogP contribution in [0.5, 0.6) is 0 Å². The van der Waals surface area contributed by atoms with E-state index >= 15 is 0 Å². The van der Waals surface area contributed by atoms with Crippen LogP contribution in [0.4, 0.5) is 11.4 Å². The molecular formula is C22H29BrN2O2. The molecule has 1 aliphatic heterocycles. The van der Waals surface area contributed by atoms with Gasteiger partial charge >= 0.3 is 0 Å². The third-order valence-corrected chi connectivity index (χ3v) is 6.40. The van der Waals surface area contributed by atoms with Gasteiger partial charge in [0.25, 0.3) is 0 Å². The maximum absolute atomic E-state index is 6.29. The normalized spacial score (nSPS) is 16.2. The predicted molar refractivity (Wildman–Crippen MR) is 115 cm³/mol. The Morgan fingerprint density at radius 3 is 2.63 bits per heavy atom. The molecule has 5 heteroatoms. The van der Waals surface area contributed by atoms with Crippen LogP contribution in [0.1, 0.15) is 30.4 Å². The van der Waals surface area contributed by atoms with Crippen molar-refractivity contribution in [2.24, 2.45) is 5.41 Å². The Morgan fingerprint density at radius 2 is 1.89 bits per heavy atom. The third kappa shape index (κ3) is 5.47. The summed E-state index contributed by atoms with van der Waals surface area (Å²) in [5.74, 6) is 0. The molecule has 0 unspecified atom stereocenters. The van der Waals surface area contributed by atoms with Gasteiger partial charge in [-0.3, -0.25) is 0 Å². The van der Waals surface area contributed by atoms with Gasteiger partial charge in [-0.25, -0.2) is 0 Å². The summed E-state index contributed by atoms with van der Waals surface area (Å²) in [5, 5.41) is 3.59. The lowest BCUT2D eigenvalue weighted by Crippen LogP contribution is -2.37. The van der Waals surface area contributed by atoms with Crippen LogP contribution in [-0.4, -0.2) is 26.4 Å². The number of hydrogen-bond acceptors (Lipinski definition) is 4. The van der Waals surface area contributed by atoms with Crippen LogP contribution in [0.15, 0.2) is 46.9 Å². The Balaban J connectivity index is 1.57. The fraction of sp³-hybridized carbons (Fsp3) is 0.455. The van der Waals surface area contributed by atoms with E-state index in [0.29, 0.717) is 6.61 Å². The molecule has 0 atom stereocenters. The zero-order valence-electron chi connectivity index (χ0n) is 16.0. The van der Waals surface area contributed by atoms with Gasteiger partial charge in [0.2, 0.25) is 0 Å². The molecule has 3 N–H and O–H groups in total. The van der Waals surface area contributed by atoms with Crippen LogP contribution in [0.25, 0.3) is 0 Å². The Labute approximate surface area is 170 Å². The first-order chi connectivity index (χ1) is 13.1. The average Bonchev–Trinajstić information content (AvgIpc) is 2.71. The standard InChI is InChI=1S/C22H29BrN2O2/c1-17-19(23)7-8-20(21(17)24)25-16-22(9-12-26-13-10-22)11-14-27-15-18-5-3-2-4-6-18/h2-8,25H,9-16,24H2,1H3. The van der Waals surface area contributed by atoms with Gasteiger partial charge in [0.05, 0.1) is 18.0 Å². The van der Waals surface area contributed by atoms with E-state index in [1.54, 1.807) is 0 Å². The Hall–Kier alpha value is -1.56. The maximum Gasteiger partial charge on any atom is 0.0716 e. The van der Waals surface area contributed by atoms with Crippen molar-refractivity contribution in [1.82, 2.24) is 0 Å². The van der Waals surface area contributed by atoms with E-state index < -0.39 is 0 Å². The van der Waals surface area contributed by atoms with Gasteiger partial charge in [0.1, 0.15) is 0 Å². The predicted octanol–water partition coefficient (Wildman–Crippen LogP) is 5.16. The fourth-order valence-corrected chi connectivity index (χ4v) is 3.86. The highest BCUT2D eigenvalue weighted by molar-refractivity contribution is 9.10. The van der Waals surface area contributed by atoms with E-state index in [-0.39, 0.29) is 5.41 Å². The van der Waals surface area contributed by atoms with Gasteiger partial charge in [-0.2, -0.15) is 0 Å². The molecule has 0 radical (unpaired) electrons. The number of nitrogens with one attached hydrogen (secondary N) is 1. The first-order valence-corrected chi connectivity index (χ1v) is 10.4. The van der Waals surface area contributed by atoms with E-state index in [2.05, 4.69) is 33.4 Å². The van der Waals surface area contributed by atoms with E-state index in [1.165, 1.54) is 5.56 Å². The molecule has 3 rings (SSSR count). The van der Waals surface area contributed by atoms with Gasteiger partial charge in [-0.1, -0.05) is 46.3 Å². The molecular weight excluding hydrogens is 404 g/mol. The highest BCUT2D eigenvalue weighted by Gasteiger charge is 2.32. The lowest BCUT2D eigenvalue weighted by Gasteiger charge is -2.38. The zero-order valence-corrected chi connectivity index (χ0v) is 17.6. The number of halogens is 1. The number of anilines is 2. The van der Waals surface area contributed by atoms with Crippen LogP contribution in [-0.2, 0) is 16.1 Å². The summed E-state index contributed by atoms with van der Waals surface area (Å²) in [6.45, 7) is 5.97. The topological polar surface area (TPSA) is 56.5 Å². The van der Waals surface area contributed by atoms with E-state index in [4.69, 9.17) is 15.2 Å². The first kappa shape index (κ1) is 20.2. The monoisotopic (exact) mass is 432 g/mol. The average molecular weight is 433 g/mol. The Morgan fingerprint density at radius 1 is 1.15 bits per heavy atom. The quantitative estimate of drug-likeness (QED) is 0.446. The van der Waals surface area contributed by atoms with Crippen molar-refractivity contribution in [3.8, 4) is 0 Å². The molecule has 0 saturated carbocycles. The molecule has 1 aliphatic rings. The van der Waals surface area contributed by atoms with E-state index in [9.17, 15) is 0 Å². The van der Waals surface area contributed by atoms with Crippen molar-refractivity contribution in [3.63, 3.8) is 0 Å². The Bertz CT molecular complexity index is 731. The van der Waals surface area contributed by atoms with Crippen molar-refractivity contribution >= 4 is 27.3 Å². The minimum absolute atomic E-state index is 0.183. The summed E-state index contributed by atoms with van der Waals surface area (Å²) in [6.07, 6.45) is 3.11. The highest BCUT2D eigenvalue weighted by Crippen LogP contribution is 2.36. The smallest absolute Gasteiger partial charge is 0.0716 e. The third-order valence-electron chi connectivity index (χ3n) is 5.54. The molecule has 0 amide bonds. The van der Waals surface area contributed by atoms with Crippen molar-refractivity contribution in [2.45, 2.75) is 32.8 Å². The molecule has 1 heterocycles. The minimum atomic E-state index is 0.183. The first-order valence-electron chi connectivity index (χ1n) is 9.58. The molecule has 1 saturated heterocycles. The largest absolute Gasteiger partial charge is 0.397 e. The molecule has 0 aliphatic carbocycles. The molecule has 1 fully saturated rings. The molecule has 146 valence electrons. The molecule has 2 aromatic rings. The number of benzene rings is 2. The fourth-order valence-electron chi connectivity index (χ4n) is 3.51. The van der Waals surface area contributed by atoms with Gasteiger partial charge in [0.15, 0.2) is 0 Å². The molecule has 0 bridgehead atoms. The molecule has 27 heavy (non-hydrogen) atoms. The van der Waals surface area contributed by atoms with E-state index in [0.717, 1.165) is 67.0 Å². The summed E-state index contributed by atoms with van der Waals surface area (Å²) >= 11 is 3.54. The highest BCUT2D eigenvalue weighted by atomic mass is 79.9. The van der Waals surface area contributed by atoms with Crippen molar-refractivity contribution in [1.29, 1.82) is 0 Å². The van der Waals surface area contributed by atoms with Crippen LogP contribution in [0.2, 0.25) is 0 Å². The SMILES string of the molecule is Cc1c(Br)ccc(NCC2(CCOCc3ccccc3)CCOCC2)c1N. The van der Waals surface area contributed by atoms with Crippen LogP contribution < -0.4 is 11.1 Å². The van der Waals surface area contributed by atoms with Gasteiger partial charge < -0.3 is 20.5 Å². The molecule has 2 aromatic carbocycles. The second-order valence-electron chi connectivity index (χ2n) is 7.39. The summed E-state index contributed by atoms with van der Waals surface area (Å²) < 4.78 is 12.6. The minimum Gasteiger partial charge on any atom is -0.397 e. The maximum atomic E-state index is 6.29. The second-order valence-corrected chi connectivity index (χ2v) is 8.24. The van der Waals surface area contributed by atoms with Crippen LogP contribution >= 0.6 is 15.9 Å². The number of rotatable bonds is 8. The number of nitrogens with two attached hydrogens (primary N) is 1. The van der Waals surface area contributed by atoms with Gasteiger partial charge in [-0.15, -0.1) is 0 Å². The summed E-state index contributed by atoms with van der Waals surface area (Å²) in [4.78, 5) is 0. The number of hydrogen-bond donors (Lipinski definition) is 2. The van der Waals surface area contributed by atoms with E-state index in [1.807, 2.05) is 37.3 Å². The zero-order chi connectivity index (χ0) is 19.1. The van der Waals surface area contributed by atoms with Crippen molar-refractivity contribution < 1.29 is 9.47 Å². The summed E-state index contributed by atoms with van der Waals surface area (Å²) in [7, 11) is 0. The Kier molecular flexibility index (Phi) is 7.16. The molecule has 4 nitrogen and oxygen atoms in total. The lowest BCUT2D eigenvalue weighted by molar-refractivity contribution is -0.00220. The van der Waals surface area contributed by atoms with Gasteiger partial charge in [-0.05, 0) is 54.9 Å². The van der Waals surface area contributed by atoms with Gasteiger partial charge in [0, 0.05) is 30.8 Å². The van der Waals surface area contributed by atoms with Crippen LogP contribution in [0.3, 0.4) is 0 Å². The molecule has 0 aromatic heterocycles. The summed E-state index contributed by atoms with van der Waals surface area (Å²) in [6, 6.07) is 14.4. The van der Waals surface area contributed by atoms with Crippen molar-refractivity contribution in [2.75, 3.05) is 37.4 Å². The number of nitrogen functional groups attached to an aromatic ring is 1. The lowest BCUT2D eigenvalue weighted by atomic mass is 9.77. The molecule has 0 spiro atoms. The van der Waals surface area contributed by atoms with Crippen LogP contribution in [0, 0.1) is 12.3 Å². The second kappa shape index (κ2) is 9.58. The summed E-state index contributed by atoms with van der Waals surface area (Å²) in [5.41, 5.74) is 10.6. The van der Waals surface area contributed by atoms with Crippen molar-refractivity contribution in [3.05, 3.63) is 58.1 Å². The number of ether oxygens (including phenoxy) is 2.